The molecule has 3 amide bonds. The Hall–Kier alpha value is -2.96. The fraction of sp³-hybridized carbons (Fsp3) is 0.409. The lowest BCUT2D eigenvalue weighted by molar-refractivity contribution is 0.0962. The number of urea groups is 1. The Morgan fingerprint density at radius 1 is 1.10 bits per heavy atom. The third-order valence-electron chi connectivity index (χ3n) is 6.25. The molecule has 0 radical (unpaired) electrons. The van der Waals surface area contributed by atoms with E-state index in [2.05, 4.69) is 15.6 Å². The molecule has 1 aromatic heterocycles. The van der Waals surface area contributed by atoms with Crippen LogP contribution in [0.3, 0.4) is 0 Å². The van der Waals surface area contributed by atoms with Gasteiger partial charge in [0.15, 0.2) is 0 Å². The minimum Gasteiger partial charge on any atom is -0.355 e. The van der Waals surface area contributed by atoms with Crippen molar-refractivity contribution in [3.05, 3.63) is 59.0 Å². The SMILES string of the molecule is CNC(=O)c1ccnc(NC(=O)N2CCC3(CCc4cc(F)ccc4C3)CC2)c1. The van der Waals surface area contributed by atoms with Crippen LogP contribution in [0.4, 0.5) is 15.0 Å². The molecule has 7 heteroatoms. The van der Waals surface area contributed by atoms with Crippen molar-refractivity contribution in [2.45, 2.75) is 32.1 Å². The fourth-order valence-electron chi connectivity index (χ4n) is 4.48. The first-order valence-electron chi connectivity index (χ1n) is 9.99. The predicted octanol–water partition coefficient (Wildman–Crippen LogP) is 3.38. The molecule has 1 saturated heterocycles. The number of aryl methyl sites for hydroxylation is 1. The van der Waals surface area contributed by atoms with Crippen LogP contribution in [0, 0.1) is 11.2 Å². The second kappa shape index (κ2) is 7.81. The number of likely N-dealkylation sites (tertiary alicyclic amines) is 1. The van der Waals surface area contributed by atoms with E-state index in [-0.39, 0.29) is 23.2 Å². The third-order valence-corrected chi connectivity index (χ3v) is 6.25. The molecule has 1 aliphatic carbocycles. The van der Waals surface area contributed by atoms with Gasteiger partial charge in [-0.3, -0.25) is 10.1 Å². The molecule has 0 atom stereocenters. The lowest BCUT2D eigenvalue weighted by atomic mass is 9.66. The number of halogens is 1. The van der Waals surface area contributed by atoms with Crippen molar-refractivity contribution < 1.29 is 14.0 Å². The number of pyridine rings is 1. The van der Waals surface area contributed by atoms with Crippen molar-refractivity contribution in [1.29, 1.82) is 0 Å². The summed E-state index contributed by atoms with van der Waals surface area (Å²) < 4.78 is 13.5. The number of hydrogen-bond donors (Lipinski definition) is 2. The number of nitrogens with zero attached hydrogens (tertiary/aromatic N) is 2. The van der Waals surface area contributed by atoms with Gasteiger partial charge in [-0.2, -0.15) is 0 Å². The van der Waals surface area contributed by atoms with Crippen LogP contribution >= 0.6 is 0 Å². The number of amides is 3. The van der Waals surface area contributed by atoms with Crippen LogP contribution in [0.25, 0.3) is 0 Å². The number of piperidine rings is 1. The van der Waals surface area contributed by atoms with Crippen LogP contribution < -0.4 is 10.6 Å². The van der Waals surface area contributed by atoms with Crippen LogP contribution in [-0.4, -0.2) is 42.0 Å². The molecule has 4 rings (SSSR count). The van der Waals surface area contributed by atoms with E-state index in [1.165, 1.54) is 11.8 Å². The number of nitrogens with one attached hydrogen (secondary N) is 2. The van der Waals surface area contributed by atoms with E-state index < -0.39 is 0 Å². The van der Waals surface area contributed by atoms with E-state index in [4.69, 9.17) is 0 Å². The Morgan fingerprint density at radius 2 is 1.90 bits per heavy atom. The van der Waals surface area contributed by atoms with E-state index in [9.17, 15) is 14.0 Å². The molecule has 2 aliphatic rings. The summed E-state index contributed by atoms with van der Waals surface area (Å²) in [5.41, 5.74) is 3.01. The van der Waals surface area contributed by atoms with Crippen molar-refractivity contribution in [2.75, 3.05) is 25.5 Å². The highest BCUT2D eigenvalue weighted by atomic mass is 19.1. The Morgan fingerprint density at radius 3 is 2.66 bits per heavy atom. The smallest absolute Gasteiger partial charge is 0.323 e. The topological polar surface area (TPSA) is 74.3 Å². The number of rotatable bonds is 2. The summed E-state index contributed by atoms with van der Waals surface area (Å²) in [4.78, 5) is 30.3. The van der Waals surface area contributed by atoms with Crippen molar-refractivity contribution in [2.24, 2.45) is 5.41 Å². The largest absolute Gasteiger partial charge is 0.355 e. The monoisotopic (exact) mass is 396 g/mol. The normalized spacial score (nSPS) is 17.5. The zero-order chi connectivity index (χ0) is 20.4. The van der Waals surface area contributed by atoms with Gasteiger partial charge in [0.05, 0.1) is 0 Å². The number of anilines is 1. The van der Waals surface area contributed by atoms with E-state index in [0.717, 1.165) is 37.7 Å². The van der Waals surface area contributed by atoms with Crippen LogP contribution in [-0.2, 0) is 12.8 Å². The molecule has 2 aromatic rings. The van der Waals surface area contributed by atoms with E-state index >= 15 is 0 Å². The summed E-state index contributed by atoms with van der Waals surface area (Å²) in [6.07, 6.45) is 6.26. The van der Waals surface area contributed by atoms with Gasteiger partial charge in [0, 0.05) is 31.9 Å². The quantitative estimate of drug-likeness (QED) is 0.817. The van der Waals surface area contributed by atoms with E-state index in [1.807, 2.05) is 6.07 Å². The zero-order valence-electron chi connectivity index (χ0n) is 16.5. The lowest BCUT2D eigenvalue weighted by Gasteiger charge is -2.44. The van der Waals surface area contributed by atoms with E-state index in [1.54, 1.807) is 36.2 Å². The summed E-state index contributed by atoms with van der Waals surface area (Å²) >= 11 is 0. The highest BCUT2D eigenvalue weighted by Crippen LogP contribution is 2.43. The first-order chi connectivity index (χ1) is 14.0. The van der Waals surface area contributed by atoms with Gasteiger partial charge in [0.2, 0.25) is 0 Å². The molecule has 0 saturated carbocycles. The summed E-state index contributed by atoms with van der Waals surface area (Å²) in [5, 5.41) is 5.36. The fourth-order valence-corrected chi connectivity index (χ4v) is 4.48. The average Bonchev–Trinajstić information content (AvgIpc) is 2.74. The molecule has 0 bridgehead atoms. The Labute approximate surface area is 169 Å². The van der Waals surface area contributed by atoms with Crippen molar-refractivity contribution in [3.8, 4) is 0 Å². The summed E-state index contributed by atoms with van der Waals surface area (Å²) in [6, 6.07) is 8.09. The van der Waals surface area contributed by atoms with Gasteiger partial charge in [0.25, 0.3) is 5.91 Å². The third kappa shape index (κ3) is 4.09. The zero-order valence-corrected chi connectivity index (χ0v) is 16.5. The maximum Gasteiger partial charge on any atom is 0.323 e. The molecule has 6 nitrogen and oxygen atoms in total. The maximum absolute atomic E-state index is 13.5. The average molecular weight is 396 g/mol. The van der Waals surface area contributed by atoms with Crippen LogP contribution in [0.1, 0.15) is 40.7 Å². The van der Waals surface area contributed by atoms with Crippen molar-refractivity contribution in [1.82, 2.24) is 15.2 Å². The number of fused-ring (bicyclic) bond motifs is 1. The summed E-state index contributed by atoms with van der Waals surface area (Å²) in [7, 11) is 1.56. The minimum atomic E-state index is -0.222. The lowest BCUT2D eigenvalue weighted by Crippen LogP contribution is -2.46. The van der Waals surface area contributed by atoms with Gasteiger partial charge in [0.1, 0.15) is 11.6 Å². The number of hydrogen-bond acceptors (Lipinski definition) is 3. The number of carbonyl (C=O) groups is 2. The number of benzene rings is 1. The first-order valence-corrected chi connectivity index (χ1v) is 9.99. The molecular formula is C22H25FN4O2. The second-order valence-corrected chi connectivity index (χ2v) is 8.02. The van der Waals surface area contributed by atoms with Crippen LogP contribution in [0.2, 0.25) is 0 Å². The van der Waals surface area contributed by atoms with Crippen molar-refractivity contribution in [3.63, 3.8) is 0 Å². The Bertz CT molecular complexity index is 938. The molecular weight excluding hydrogens is 371 g/mol. The molecule has 29 heavy (non-hydrogen) atoms. The number of aromatic nitrogens is 1. The summed E-state index contributed by atoms with van der Waals surface area (Å²) in [5.74, 6) is -0.0226. The van der Waals surface area contributed by atoms with Gasteiger partial charge in [-0.1, -0.05) is 6.07 Å². The van der Waals surface area contributed by atoms with Gasteiger partial charge >= 0.3 is 6.03 Å². The molecule has 152 valence electrons. The van der Waals surface area contributed by atoms with Gasteiger partial charge in [-0.25, -0.2) is 14.2 Å². The number of carbonyl (C=O) groups excluding carboxylic acids is 2. The van der Waals surface area contributed by atoms with E-state index in [0.29, 0.717) is 24.5 Å². The Kier molecular flexibility index (Phi) is 5.22. The highest BCUT2D eigenvalue weighted by molar-refractivity contribution is 5.96. The molecule has 1 spiro atoms. The standard InChI is InChI=1S/C22H25FN4O2/c1-24-20(28)16-5-9-25-19(13-16)26-21(29)27-10-7-22(8-11-27)6-4-15-12-18(23)3-2-17(15)14-22/h2-3,5,9,12-13H,4,6-8,10-11,14H2,1H3,(H,24,28)(H,25,26,29). The first kappa shape index (κ1) is 19.4. The second-order valence-electron chi connectivity index (χ2n) is 8.02. The van der Waals surface area contributed by atoms with Gasteiger partial charge < -0.3 is 10.2 Å². The molecule has 1 aliphatic heterocycles. The molecule has 2 heterocycles. The summed E-state index contributed by atoms with van der Waals surface area (Å²) in [6.45, 7) is 1.36. The Balaban J connectivity index is 1.37. The minimum absolute atomic E-state index is 0.166. The van der Waals surface area contributed by atoms with Crippen LogP contribution in [0.5, 0.6) is 0 Å². The molecule has 2 N–H and O–H groups in total. The molecule has 1 fully saturated rings. The van der Waals surface area contributed by atoms with Crippen LogP contribution in [0.15, 0.2) is 36.5 Å². The molecule has 1 aromatic carbocycles. The molecule has 0 unspecified atom stereocenters. The maximum atomic E-state index is 13.5. The van der Waals surface area contributed by atoms with Gasteiger partial charge in [-0.05, 0) is 72.9 Å². The van der Waals surface area contributed by atoms with Crippen molar-refractivity contribution >= 4 is 17.8 Å². The highest BCUT2D eigenvalue weighted by Gasteiger charge is 2.38. The van der Waals surface area contributed by atoms with Gasteiger partial charge in [-0.15, -0.1) is 0 Å². The predicted molar refractivity (Wildman–Crippen MR) is 108 cm³/mol.